The first-order valence-electron chi connectivity index (χ1n) is 11.6. The maximum absolute atomic E-state index is 13.9. The minimum atomic E-state index is -1.01. The maximum atomic E-state index is 13.9. The van der Waals surface area contributed by atoms with Crippen molar-refractivity contribution in [2.75, 3.05) is 26.2 Å². The number of furan rings is 1. The third kappa shape index (κ3) is 4.18. The smallest absolute Gasteiger partial charge is 0.294 e. The van der Waals surface area contributed by atoms with Crippen LogP contribution in [0.15, 0.2) is 80.9 Å². The van der Waals surface area contributed by atoms with Gasteiger partial charge in [0.15, 0.2) is 23.0 Å². The van der Waals surface area contributed by atoms with Crippen LogP contribution in [-0.4, -0.2) is 38.1 Å². The molecule has 5 rings (SSSR count). The third-order valence-corrected chi connectivity index (χ3v) is 6.93. The minimum absolute atomic E-state index is 0.00372. The summed E-state index contributed by atoms with van der Waals surface area (Å²) in [6, 6.07) is 16.5. The molecule has 9 heteroatoms. The number of amides is 1. The molecule has 1 aliphatic heterocycles. The van der Waals surface area contributed by atoms with Crippen molar-refractivity contribution in [1.29, 1.82) is 0 Å². The summed E-state index contributed by atoms with van der Waals surface area (Å²) in [5.74, 6) is -0.953. The zero-order valence-electron chi connectivity index (χ0n) is 21.1. The SMILES string of the molecule is COc1cc(C2C(C(=O)c3cc4cc(Br)ccc4o3)=C(O)C(=O)N2c2cccc(C)c2)cc(OC)c1OC. The Bertz CT molecular complexity index is 1600. The molecule has 0 fully saturated rings. The summed E-state index contributed by atoms with van der Waals surface area (Å²) in [4.78, 5) is 28.8. The van der Waals surface area contributed by atoms with E-state index < -0.39 is 23.5 Å². The Hall–Kier alpha value is -4.24. The number of hydrogen-bond acceptors (Lipinski definition) is 7. The monoisotopic (exact) mass is 577 g/mol. The van der Waals surface area contributed by atoms with Gasteiger partial charge in [0.05, 0.1) is 32.9 Å². The van der Waals surface area contributed by atoms with Crippen LogP contribution < -0.4 is 19.1 Å². The highest BCUT2D eigenvalue weighted by Gasteiger charge is 2.46. The normalized spacial score (nSPS) is 15.3. The summed E-state index contributed by atoms with van der Waals surface area (Å²) in [5, 5.41) is 11.8. The maximum Gasteiger partial charge on any atom is 0.294 e. The number of fused-ring (bicyclic) bond motifs is 1. The van der Waals surface area contributed by atoms with Crippen molar-refractivity contribution in [1.82, 2.24) is 0 Å². The Morgan fingerprint density at radius 3 is 2.32 bits per heavy atom. The predicted molar refractivity (Wildman–Crippen MR) is 145 cm³/mol. The molecule has 0 aliphatic carbocycles. The van der Waals surface area contributed by atoms with Crippen LogP contribution >= 0.6 is 15.9 Å². The van der Waals surface area contributed by atoms with Crippen molar-refractivity contribution >= 4 is 44.3 Å². The first kappa shape index (κ1) is 25.4. The van der Waals surface area contributed by atoms with Crippen molar-refractivity contribution in [3.63, 3.8) is 0 Å². The van der Waals surface area contributed by atoms with Gasteiger partial charge in [0.1, 0.15) is 5.58 Å². The van der Waals surface area contributed by atoms with Crippen molar-refractivity contribution < 1.29 is 33.3 Å². The zero-order valence-corrected chi connectivity index (χ0v) is 22.7. The summed E-state index contributed by atoms with van der Waals surface area (Å²) >= 11 is 3.42. The van der Waals surface area contributed by atoms with Crippen LogP contribution in [0.2, 0.25) is 0 Å². The summed E-state index contributed by atoms with van der Waals surface area (Å²) in [7, 11) is 4.44. The molecule has 38 heavy (non-hydrogen) atoms. The van der Waals surface area contributed by atoms with Gasteiger partial charge in [-0.2, -0.15) is 0 Å². The number of nitrogens with zero attached hydrogens (tertiary/aromatic N) is 1. The number of rotatable bonds is 7. The average molecular weight is 578 g/mol. The number of anilines is 1. The van der Waals surface area contributed by atoms with Crippen LogP contribution in [0.1, 0.15) is 27.7 Å². The first-order valence-corrected chi connectivity index (χ1v) is 12.4. The van der Waals surface area contributed by atoms with E-state index >= 15 is 0 Å². The molecule has 1 N–H and O–H groups in total. The number of halogens is 1. The summed E-state index contributed by atoms with van der Waals surface area (Å²) < 4.78 is 23.2. The molecule has 0 bridgehead atoms. The topological polar surface area (TPSA) is 98.4 Å². The number of hydrogen-bond donors (Lipinski definition) is 1. The average Bonchev–Trinajstić information content (AvgIpc) is 3.45. The van der Waals surface area contributed by atoms with Gasteiger partial charge in [0.25, 0.3) is 5.91 Å². The molecular formula is C29H24BrNO7. The van der Waals surface area contributed by atoms with Crippen LogP contribution in [0.4, 0.5) is 5.69 Å². The number of carbonyl (C=O) groups is 2. The highest BCUT2D eigenvalue weighted by Crippen LogP contribution is 2.47. The van der Waals surface area contributed by atoms with E-state index in [1.807, 2.05) is 25.1 Å². The van der Waals surface area contributed by atoms with Gasteiger partial charge < -0.3 is 23.7 Å². The van der Waals surface area contributed by atoms with Crippen LogP contribution in [0, 0.1) is 6.92 Å². The fourth-order valence-electron chi connectivity index (χ4n) is 4.71. The molecule has 3 aromatic carbocycles. The quantitative estimate of drug-likeness (QED) is 0.257. The van der Waals surface area contributed by atoms with Gasteiger partial charge in [0.2, 0.25) is 11.5 Å². The lowest BCUT2D eigenvalue weighted by molar-refractivity contribution is -0.117. The van der Waals surface area contributed by atoms with Crippen molar-refractivity contribution in [3.05, 3.63) is 93.4 Å². The lowest BCUT2D eigenvalue weighted by Crippen LogP contribution is -2.31. The summed E-state index contributed by atoms with van der Waals surface area (Å²) in [5.41, 5.74) is 2.27. The lowest BCUT2D eigenvalue weighted by Gasteiger charge is -2.28. The second-order valence-electron chi connectivity index (χ2n) is 8.76. The number of aliphatic hydroxyl groups is 1. The number of benzene rings is 3. The Kier molecular flexibility index (Phi) is 6.62. The molecule has 1 aromatic heterocycles. The number of ketones is 1. The Morgan fingerprint density at radius 2 is 1.68 bits per heavy atom. The Balaban J connectivity index is 1.72. The van der Waals surface area contributed by atoms with Crippen LogP contribution in [0.3, 0.4) is 0 Å². The molecule has 1 unspecified atom stereocenters. The number of aliphatic hydroxyl groups excluding tert-OH is 1. The van der Waals surface area contributed by atoms with Crippen molar-refractivity contribution in [3.8, 4) is 17.2 Å². The van der Waals surface area contributed by atoms with E-state index in [0.717, 1.165) is 10.0 Å². The molecule has 1 atom stereocenters. The predicted octanol–water partition coefficient (Wildman–Crippen LogP) is 6.31. The summed E-state index contributed by atoms with van der Waals surface area (Å²) in [6.07, 6.45) is 0. The van der Waals surface area contributed by atoms with Crippen molar-refractivity contribution in [2.45, 2.75) is 13.0 Å². The highest BCUT2D eigenvalue weighted by molar-refractivity contribution is 9.10. The third-order valence-electron chi connectivity index (χ3n) is 6.44. The zero-order chi connectivity index (χ0) is 27.1. The molecule has 0 spiro atoms. The largest absolute Gasteiger partial charge is 0.503 e. The number of Topliss-reactive ketones (excluding diaryl/α,β-unsaturated/α-hetero) is 1. The van der Waals surface area contributed by atoms with Gasteiger partial charge in [-0.3, -0.25) is 14.5 Å². The number of aryl methyl sites for hydroxylation is 1. The molecule has 1 aliphatic rings. The van der Waals surface area contributed by atoms with Gasteiger partial charge in [-0.25, -0.2) is 0 Å². The highest BCUT2D eigenvalue weighted by atomic mass is 79.9. The first-order chi connectivity index (χ1) is 18.3. The molecule has 0 saturated heterocycles. The molecule has 8 nitrogen and oxygen atoms in total. The van der Waals surface area contributed by atoms with Gasteiger partial charge >= 0.3 is 0 Å². The molecule has 1 amide bonds. The van der Waals surface area contributed by atoms with Gasteiger partial charge in [-0.1, -0.05) is 28.1 Å². The van der Waals surface area contributed by atoms with Crippen LogP contribution in [0.25, 0.3) is 11.0 Å². The molecular weight excluding hydrogens is 554 g/mol. The molecule has 0 radical (unpaired) electrons. The fourth-order valence-corrected chi connectivity index (χ4v) is 5.09. The standard InChI is InChI=1S/C29H24BrNO7/c1-15-6-5-7-19(10-15)31-25(17-13-22(35-2)28(37-4)23(14-17)36-3)24(27(33)29(31)34)26(32)21-12-16-11-18(30)8-9-20(16)38-21/h5-14,25,33H,1-4H3. The van der Waals surface area contributed by atoms with Gasteiger partial charge in [-0.05, 0) is 66.6 Å². The molecule has 0 saturated carbocycles. The van der Waals surface area contributed by atoms with E-state index in [-0.39, 0.29) is 11.3 Å². The second-order valence-corrected chi connectivity index (χ2v) is 9.68. The van der Waals surface area contributed by atoms with E-state index in [9.17, 15) is 14.7 Å². The van der Waals surface area contributed by atoms with E-state index in [2.05, 4.69) is 15.9 Å². The fraction of sp³-hybridized carbons (Fsp3) is 0.172. The van der Waals surface area contributed by atoms with E-state index in [1.54, 1.807) is 42.5 Å². The molecule has 194 valence electrons. The second kappa shape index (κ2) is 9.90. The number of methoxy groups -OCH3 is 3. The van der Waals surface area contributed by atoms with E-state index in [0.29, 0.717) is 39.5 Å². The lowest BCUT2D eigenvalue weighted by atomic mass is 9.94. The van der Waals surface area contributed by atoms with Crippen LogP contribution in [0.5, 0.6) is 17.2 Å². The minimum Gasteiger partial charge on any atom is -0.503 e. The number of carbonyl (C=O) groups excluding carboxylic acids is 2. The Labute approximate surface area is 227 Å². The van der Waals surface area contributed by atoms with Crippen molar-refractivity contribution in [2.24, 2.45) is 0 Å². The molecule has 2 heterocycles. The summed E-state index contributed by atoms with van der Waals surface area (Å²) in [6.45, 7) is 1.89. The van der Waals surface area contributed by atoms with E-state index in [1.165, 1.54) is 26.2 Å². The van der Waals surface area contributed by atoms with Crippen LogP contribution in [-0.2, 0) is 4.79 Å². The Morgan fingerprint density at radius 1 is 0.974 bits per heavy atom. The molecule has 4 aromatic rings. The van der Waals surface area contributed by atoms with Gasteiger partial charge in [0, 0.05) is 15.5 Å². The van der Waals surface area contributed by atoms with Gasteiger partial charge in [-0.15, -0.1) is 0 Å². The van der Waals surface area contributed by atoms with E-state index in [4.69, 9.17) is 18.6 Å². The number of ether oxygens (including phenoxy) is 3.